The molecule has 11 heteroatoms. The van der Waals surface area contributed by atoms with E-state index in [9.17, 15) is 9.90 Å². The lowest BCUT2D eigenvalue weighted by atomic mass is 9.93. The molecular formula is C20H20N8O3. The van der Waals surface area contributed by atoms with Crippen LogP contribution in [-0.2, 0) is 0 Å². The number of amides is 1. The van der Waals surface area contributed by atoms with E-state index in [0.29, 0.717) is 28.5 Å². The first-order valence-electron chi connectivity index (χ1n) is 9.97. The van der Waals surface area contributed by atoms with Gasteiger partial charge in [0.2, 0.25) is 5.89 Å². The van der Waals surface area contributed by atoms with E-state index < -0.39 is 5.91 Å². The molecule has 1 fully saturated rings. The van der Waals surface area contributed by atoms with Crippen LogP contribution in [-0.4, -0.2) is 52.0 Å². The number of carbonyl (C=O) groups is 1. The van der Waals surface area contributed by atoms with Gasteiger partial charge in [-0.15, -0.1) is 0 Å². The number of aromatic amines is 1. The number of anilines is 1. The molecule has 1 amide bonds. The molecule has 11 nitrogen and oxygen atoms in total. The van der Waals surface area contributed by atoms with Gasteiger partial charge in [-0.2, -0.15) is 10.2 Å². The molecule has 0 atom stereocenters. The number of hydrogen-bond acceptors (Lipinski definition) is 8. The van der Waals surface area contributed by atoms with Crippen LogP contribution in [0, 0.1) is 0 Å². The highest BCUT2D eigenvalue weighted by Crippen LogP contribution is 2.32. The lowest BCUT2D eigenvalue weighted by molar-refractivity contribution is 0.102. The van der Waals surface area contributed by atoms with Gasteiger partial charge < -0.3 is 14.8 Å². The van der Waals surface area contributed by atoms with Crippen molar-refractivity contribution >= 4 is 11.6 Å². The molecule has 0 radical (unpaired) electrons. The smallest absolute Gasteiger partial charge is 0.277 e. The Labute approximate surface area is 176 Å². The molecule has 4 heterocycles. The van der Waals surface area contributed by atoms with Crippen LogP contribution in [0.4, 0.5) is 5.69 Å². The van der Waals surface area contributed by atoms with Crippen LogP contribution < -0.4 is 5.32 Å². The number of hydrogen-bond donors (Lipinski definition) is 3. The summed E-state index contributed by atoms with van der Waals surface area (Å²) in [6.07, 6.45) is 13.8. The molecule has 3 N–H and O–H groups in total. The number of aromatic nitrogens is 7. The van der Waals surface area contributed by atoms with Crippen LogP contribution in [0.5, 0.6) is 0 Å². The molecule has 1 aliphatic rings. The minimum Gasteiger partial charge on any atom is -0.444 e. The lowest BCUT2D eigenvalue weighted by Gasteiger charge is -2.25. The number of nitrogens with one attached hydrogen (secondary N) is 2. The third-order valence-corrected chi connectivity index (χ3v) is 5.31. The number of aliphatic hydroxyl groups excluding tert-OH is 1. The summed E-state index contributed by atoms with van der Waals surface area (Å²) >= 11 is 0. The number of aliphatic hydroxyl groups is 1. The van der Waals surface area contributed by atoms with Crippen LogP contribution >= 0.6 is 0 Å². The predicted octanol–water partition coefficient (Wildman–Crippen LogP) is 2.45. The van der Waals surface area contributed by atoms with E-state index in [4.69, 9.17) is 4.42 Å². The fourth-order valence-corrected chi connectivity index (χ4v) is 3.67. The van der Waals surface area contributed by atoms with E-state index >= 15 is 0 Å². The van der Waals surface area contributed by atoms with Gasteiger partial charge in [0.15, 0.2) is 5.69 Å². The standard InChI is InChI=1S/C20H20N8O3/c29-14-3-1-13(2-4-14)28-10-16(18(27-28)15-9-21-5-6-22-15)25-19(30)17-11-31-20(26-17)12-7-23-24-8-12/h5-11,13-14,29H,1-4H2,(H,23,24)(H,25,30)/t13-,14-. The molecule has 1 saturated carbocycles. The number of nitrogens with zero attached hydrogens (tertiary/aromatic N) is 6. The van der Waals surface area contributed by atoms with E-state index in [1.165, 1.54) is 6.26 Å². The van der Waals surface area contributed by atoms with Crippen molar-refractivity contribution in [2.24, 2.45) is 0 Å². The van der Waals surface area contributed by atoms with Crippen LogP contribution in [0.3, 0.4) is 0 Å². The van der Waals surface area contributed by atoms with Gasteiger partial charge in [0.05, 0.1) is 35.8 Å². The zero-order valence-electron chi connectivity index (χ0n) is 16.5. The van der Waals surface area contributed by atoms with Crippen molar-refractivity contribution < 1.29 is 14.3 Å². The highest BCUT2D eigenvalue weighted by Gasteiger charge is 2.25. The van der Waals surface area contributed by atoms with Crippen molar-refractivity contribution in [1.82, 2.24) is 34.9 Å². The van der Waals surface area contributed by atoms with Crippen molar-refractivity contribution in [2.75, 3.05) is 5.32 Å². The highest BCUT2D eigenvalue weighted by atomic mass is 16.3. The normalized spacial score (nSPS) is 18.7. The van der Waals surface area contributed by atoms with Gasteiger partial charge in [-0.05, 0) is 25.7 Å². The SMILES string of the molecule is O=C(Nc1cn([C@H]2CC[C@H](O)CC2)nc1-c1cnccn1)c1coc(-c2cn[nH]c2)n1. The Morgan fingerprint density at radius 3 is 2.84 bits per heavy atom. The summed E-state index contributed by atoms with van der Waals surface area (Å²) in [5.41, 5.74) is 2.35. The van der Waals surface area contributed by atoms with Crippen LogP contribution in [0.2, 0.25) is 0 Å². The summed E-state index contributed by atoms with van der Waals surface area (Å²) in [7, 11) is 0. The zero-order valence-corrected chi connectivity index (χ0v) is 16.5. The van der Waals surface area contributed by atoms with E-state index in [0.717, 1.165) is 25.7 Å². The van der Waals surface area contributed by atoms with E-state index in [2.05, 4.69) is 35.6 Å². The molecule has 5 rings (SSSR count). The largest absolute Gasteiger partial charge is 0.444 e. The second-order valence-electron chi connectivity index (χ2n) is 7.40. The molecule has 0 aromatic carbocycles. The fraction of sp³-hybridized carbons (Fsp3) is 0.300. The van der Waals surface area contributed by atoms with Gasteiger partial charge in [0, 0.05) is 24.8 Å². The molecule has 4 aromatic rings. The average Bonchev–Trinajstić information content (AvgIpc) is 3.55. The van der Waals surface area contributed by atoms with Crippen molar-refractivity contribution in [3.63, 3.8) is 0 Å². The van der Waals surface area contributed by atoms with Crippen LogP contribution in [0.1, 0.15) is 42.2 Å². The molecular weight excluding hydrogens is 400 g/mol. The minimum atomic E-state index is -0.428. The first-order chi connectivity index (χ1) is 15.2. The molecule has 0 unspecified atom stereocenters. The first kappa shape index (κ1) is 19.1. The third-order valence-electron chi connectivity index (χ3n) is 5.31. The number of carbonyl (C=O) groups excluding carboxylic acids is 1. The predicted molar refractivity (Wildman–Crippen MR) is 109 cm³/mol. The number of H-pyrrole nitrogens is 1. The van der Waals surface area contributed by atoms with Gasteiger partial charge in [0.1, 0.15) is 17.7 Å². The molecule has 158 valence electrons. The number of oxazole rings is 1. The Morgan fingerprint density at radius 2 is 2.10 bits per heavy atom. The van der Waals surface area contributed by atoms with Gasteiger partial charge in [-0.25, -0.2) is 4.98 Å². The summed E-state index contributed by atoms with van der Waals surface area (Å²) in [5, 5.41) is 23.9. The summed E-state index contributed by atoms with van der Waals surface area (Å²) < 4.78 is 7.23. The van der Waals surface area contributed by atoms with Crippen molar-refractivity contribution in [1.29, 1.82) is 0 Å². The van der Waals surface area contributed by atoms with E-state index in [1.54, 1.807) is 37.2 Å². The van der Waals surface area contributed by atoms with Gasteiger partial charge >= 0.3 is 0 Å². The quantitative estimate of drug-likeness (QED) is 0.446. The van der Waals surface area contributed by atoms with Crippen molar-refractivity contribution in [2.45, 2.75) is 37.8 Å². The maximum Gasteiger partial charge on any atom is 0.277 e. The van der Waals surface area contributed by atoms with Crippen molar-refractivity contribution in [3.8, 4) is 22.8 Å². The Kier molecular flexibility index (Phi) is 5.00. The molecule has 4 aromatic heterocycles. The van der Waals surface area contributed by atoms with E-state index in [1.807, 2.05) is 4.68 Å². The number of rotatable bonds is 5. The van der Waals surface area contributed by atoms with Crippen LogP contribution in [0.15, 0.2) is 47.9 Å². The Morgan fingerprint density at radius 1 is 1.23 bits per heavy atom. The topological polar surface area (TPSA) is 148 Å². The van der Waals surface area contributed by atoms with Gasteiger partial charge in [0.25, 0.3) is 5.91 Å². The van der Waals surface area contributed by atoms with Crippen LogP contribution in [0.25, 0.3) is 22.8 Å². The van der Waals surface area contributed by atoms with E-state index in [-0.39, 0.29) is 17.8 Å². The summed E-state index contributed by atoms with van der Waals surface area (Å²) in [5.74, 6) is -0.133. The average molecular weight is 420 g/mol. The second kappa shape index (κ2) is 8.11. The Balaban J connectivity index is 1.42. The van der Waals surface area contributed by atoms with Gasteiger partial charge in [-0.1, -0.05) is 0 Å². The first-order valence-corrected chi connectivity index (χ1v) is 9.97. The summed E-state index contributed by atoms with van der Waals surface area (Å²) in [4.78, 5) is 25.5. The van der Waals surface area contributed by atoms with Gasteiger partial charge in [-0.3, -0.25) is 24.5 Å². The second-order valence-corrected chi connectivity index (χ2v) is 7.40. The molecule has 0 saturated heterocycles. The maximum atomic E-state index is 12.8. The highest BCUT2D eigenvalue weighted by molar-refractivity contribution is 6.04. The molecule has 31 heavy (non-hydrogen) atoms. The molecule has 0 aliphatic heterocycles. The minimum absolute atomic E-state index is 0.134. The molecule has 1 aliphatic carbocycles. The summed E-state index contributed by atoms with van der Waals surface area (Å²) in [6, 6.07) is 0.143. The third kappa shape index (κ3) is 3.94. The molecule has 0 bridgehead atoms. The van der Waals surface area contributed by atoms with Crippen molar-refractivity contribution in [3.05, 3.63) is 49.1 Å². The maximum absolute atomic E-state index is 12.8. The Bertz CT molecular complexity index is 1160. The monoisotopic (exact) mass is 420 g/mol. The summed E-state index contributed by atoms with van der Waals surface area (Å²) in [6.45, 7) is 0. The molecule has 0 spiro atoms. The fourth-order valence-electron chi connectivity index (χ4n) is 3.67. The lowest BCUT2D eigenvalue weighted by Crippen LogP contribution is -2.21. The Hall–Kier alpha value is -3.86. The zero-order chi connectivity index (χ0) is 21.2.